The van der Waals surface area contributed by atoms with E-state index in [4.69, 9.17) is 14.5 Å². The van der Waals surface area contributed by atoms with Gasteiger partial charge in [0, 0.05) is 22.6 Å². The van der Waals surface area contributed by atoms with Gasteiger partial charge >= 0.3 is 5.97 Å². The maximum Gasteiger partial charge on any atom is 0.343 e. The SMILES string of the molecule is CC[C@@]1(O)C(=O)OCc2c1cc1n(c2=O)Cc2c-1nc1cc(F)c(C)c3c1c2[C@@H](NC(=O)C1(OCNC(=O)CNC=O)CC1)CC3. The number of nitrogens with one attached hydrogen (secondary N) is 3. The molecule has 0 unspecified atom stereocenters. The van der Waals surface area contributed by atoms with Gasteiger partial charge in [-0.25, -0.2) is 14.2 Å². The molecule has 1 aromatic carbocycles. The predicted octanol–water partition coefficient (Wildman–Crippen LogP) is 1.000. The number of hydrogen-bond donors (Lipinski definition) is 4. The summed E-state index contributed by atoms with van der Waals surface area (Å²) in [7, 11) is 0. The zero-order chi connectivity index (χ0) is 32.5. The van der Waals surface area contributed by atoms with Crippen molar-refractivity contribution in [2.75, 3.05) is 13.3 Å². The minimum absolute atomic E-state index is 0.00390. The predicted molar refractivity (Wildman–Crippen MR) is 159 cm³/mol. The van der Waals surface area contributed by atoms with Crippen LogP contribution in [-0.2, 0) is 53.8 Å². The van der Waals surface area contributed by atoms with E-state index in [0.29, 0.717) is 60.1 Å². The number of cyclic esters (lactones) is 1. The molecule has 1 saturated carbocycles. The molecule has 14 heteroatoms. The Morgan fingerprint density at radius 1 is 1.24 bits per heavy atom. The number of hydrogen-bond acceptors (Lipinski definition) is 9. The maximum atomic E-state index is 15.2. The number of rotatable bonds is 9. The molecule has 3 amide bonds. The number of aryl methyl sites for hydroxylation is 1. The number of carbonyl (C=O) groups excluding carboxylic acids is 4. The molecule has 3 aromatic rings. The first-order chi connectivity index (χ1) is 22.0. The van der Waals surface area contributed by atoms with E-state index in [2.05, 4.69) is 16.0 Å². The lowest BCUT2D eigenvalue weighted by atomic mass is 9.81. The fourth-order valence-corrected chi connectivity index (χ4v) is 6.99. The second-order valence-corrected chi connectivity index (χ2v) is 12.3. The molecule has 0 bridgehead atoms. The number of fused-ring (bicyclic) bond motifs is 5. The largest absolute Gasteiger partial charge is 0.458 e. The second kappa shape index (κ2) is 10.7. The van der Waals surface area contributed by atoms with Crippen molar-refractivity contribution in [3.8, 4) is 11.4 Å². The Balaban J connectivity index is 1.29. The first-order valence-electron chi connectivity index (χ1n) is 15.2. The number of halogens is 1. The lowest BCUT2D eigenvalue weighted by Crippen LogP contribution is -2.44. The van der Waals surface area contributed by atoms with Crippen molar-refractivity contribution in [2.24, 2.45) is 0 Å². The van der Waals surface area contributed by atoms with Gasteiger partial charge in [0.1, 0.15) is 24.8 Å². The van der Waals surface area contributed by atoms with Crippen LogP contribution in [0.4, 0.5) is 4.39 Å². The Morgan fingerprint density at radius 2 is 2.02 bits per heavy atom. The van der Waals surface area contributed by atoms with E-state index in [1.807, 2.05) is 0 Å². The van der Waals surface area contributed by atoms with Crippen LogP contribution in [0.1, 0.15) is 72.0 Å². The number of benzene rings is 1. The summed E-state index contributed by atoms with van der Waals surface area (Å²) < 4.78 is 27.7. The third-order valence-electron chi connectivity index (χ3n) is 9.76. The molecule has 46 heavy (non-hydrogen) atoms. The Bertz CT molecular complexity index is 1940. The van der Waals surface area contributed by atoms with Crippen molar-refractivity contribution in [1.82, 2.24) is 25.5 Å². The van der Waals surface area contributed by atoms with Gasteiger partial charge in [-0.05, 0) is 61.8 Å². The maximum absolute atomic E-state index is 15.2. The Hall–Kier alpha value is -4.69. The van der Waals surface area contributed by atoms with Crippen LogP contribution >= 0.6 is 0 Å². The van der Waals surface area contributed by atoms with Gasteiger partial charge in [-0.1, -0.05) is 6.92 Å². The van der Waals surface area contributed by atoms with Gasteiger partial charge < -0.3 is 35.1 Å². The molecule has 2 aliphatic carbocycles. The van der Waals surface area contributed by atoms with Crippen LogP contribution in [0.25, 0.3) is 22.3 Å². The molecule has 2 aromatic heterocycles. The van der Waals surface area contributed by atoms with Crippen molar-refractivity contribution >= 4 is 35.1 Å². The third kappa shape index (κ3) is 4.42. The van der Waals surface area contributed by atoms with Crippen molar-refractivity contribution in [3.63, 3.8) is 0 Å². The van der Waals surface area contributed by atoms with Crippen LogP contribution in [0.2, 0.25) is 0 Å². The van der Waals surface area contributed by atoms with Crippen LogP contribution in [0.15, 0.2) is 16.9 Å². The highest BCUT2D eigenvalue weighted by Gasteiger charge is 2.52. The van der Waals surface area contributed by atoms with E-state index in [0.717, 1.165) is 16.5 Å². The summed E-state index contributed by atoms with van der Waals surface area (Å²) in [6.07, 6.45) is 2.24. The molecule has 0 saturated heterocycles. The van der Waals surface area contributed by atoms with Gasteiger partial charge in [-0.15, -0.1) is 0 Å². The second-order valence-electron chi connectivity index (χ2n) is 12.3. The average Bonchev–Trinajstić information content (AvgIpc) is 3.75. The molecule has 2 aliphatic heterocycles. The Morgan fingerprint density at radius 3 is 2.74 bits per heavy atom. The van der Waals surface area contributed by atoms with Crippen LogP contribution in [-0.4, -0.2) is 57.7 Å². The monoisotopic (exact) mass is 633 g/mol. The zero-order valence-electron chi connectivity index (χ0n) is 25.3. The Labute approximate surface area is 261 Å². The van der Waals surface area contributed by atoms with Crippen molar-refractivity contribution in [3.05, 3.63) is 61.7 Å². The first-order valence-corrected chi connectivity index (χ1v) is 15.2. The third-order valence-corrected chi connectivity index (χ3v) is 9.76. The Kier molecular flexibility index (Phi) is 6.97. The van der Waals surface area contributed by atoms with Gasteiger partial charge in [0.25, 0.3) is 11.5 Å². The summed E-state index contributed by atoms with van der Waals surface area (Å²) >= 11 is 0. The number of carbonyl (C=O) groups is 4. The van der Waals surface area contributed by atoms with E-state index in [1.54, 1.807) is 19.9 Å². The highest BCUT2D eigenvalue weighted by Crippen LogP contribution is 2.47. The highest BCUT2D eigenvalue weighted by molar-refractivity contribution is 5.95. The van der Waals surface area contributed by atoms with Crippen LogP contribution < -0.4 is 21.5 Å². The smallest absolute Gasteiger partial charge is 0.343 e. The average molecular weight is 634 g/mol. The lowest BCUT2D eigenvalue weighted by molar-refractivity contribution is -0.172. The number of amides is 3. The zero-order valence-corrected chi connectivity index (χ0v) is 25.3. The normalized spacial score (nSPS) is 21.5. The van der Waals surface area contributed by atoms with Crippen molar-refractivity contribution in [2.45, 2.75) is 76.3 Å². The van der Waals surface area contributed by atoms with E-state index in [9.17, 15) is 29.1 Å². The topological polar surface area (TPSA) is 178 Å². The lowest BCUT2D eigenvalue weighted by Gasteiger charge is -2.31. The van der Waals surface area contributed by atoms with E-state index >= 15 is 4.39 Å². The summed E-state index contributed by atoms with van der Waals surface area (Å²) in [5.74, 6) is -2.06. The summed E-state index contributed by atoms with van der Waals surface area (Å²) in [6, 6.07) is 2.44. The van der Waals surface area contributed by atoms with Gasteiger partial charge in [-0.3, -0.25) is 19.2 Å². The fraction of sp³-hybridized carbons (Fsp3) is 0.438. The fourth-order valence-electron chi connectivity index (χ4n) is 6.99. The van der Waals surface area contributed by atoms with Crippen LogP contribution in [0.3, 0.4) is 0 Å². The van der Waals surface area contributed by atoms with E-state index < -0.39 is 40.5 Å². The summed E-state index contributed by atoms with van der Waals surface area (Å²) in [6.45, 7) is 2.76. The molecule has 1 fully saturated rings. The summed E-state index contributed by atoms with van der Waals surface area (Å²) in [5, 5.41) is 19.9. The molecule has 7 rings (SSSR count). The number of pyridine rings is 2. The number of aromatic nitrogens is 2. The molecule has 2 atom stereocenters. The van der Waals surface area contributed by atoms with Crippen molar-refractivity contribution in [1.29, 1.82) is 0 Å². The van der Waals surface area contributed by atoms with Gasteiger partial charge in [0.2, 0.25) is 12.3 Å². The number of esters is 1. The summed E-state index contributed by atoms with van der Waals surface area (Å²) in [4.78, 5) is 67.2. The van der Waals surface area contributed by atoms with Crippen molar-refractivity contribution < 1.29 is 38.1 Å². The number of ether oxygens (including phenoxy) is 2. The number of nitrogens with zero attached hydrogens (tertiary/aromatic N) is 2. The molecular formula is C32H32FN5O8. The van der Waals surface area contributed by atoms with Gasteiger partial charge in [0.15, 0.2) is 5.60 Å². The first kappa shape index (κ1) is 30.0. The molecule has 13 nitrogen and oxygen atoms in total. The van der Waals surface area contributed by atoms with Crippen LogP contribution in [0.5, 0.6) is 0 Å². The number of aliphatic hydroxyl groups is 1. The molecule has 4 heterocycles. The van der Waals surface area contributed by atoms with Crippen LogP contribution in [0, 0.1) is 12.7 Å². The molecule has 0 radical (unpaired) electrons. The molecule has 4 aliphatic rings. The minimum atomic E-state index is -1.99. The van der Waals surface area contributed by atoms with Gasteiger partial charge in [-0.2, -0.15) is 0 Å². The highest BCUT2D eigenvalue weighted by atomic mass is 19.1. The van der Waals surface area contributed by atoms with E-state index in [1.165, 1.54) is 10.6 Å². The van der Waals surface area contributed by atoms with E-state index in [-0.39, 0.29) is 49.9 Å². The quantitative estimate of drug-likeness (QED) is 0.119. The molecule has 4 N–H and O–H groups in total. The molecule has 240 valence electrons. The standard InChI is InChI=1S/C32H32FN5O8/c1-3-32(44)19-8-23-27-17(11-38(23)28(41)18(19)12-45-30(32)43)26-21(5-4-16-15(2)20(33)9-22(36-27)25(16)26)37-29(42)31(6-7-31)46-14-35-24(40)10-34-13-39/h8-9,13,21,44H,3-7,10-12,14H2,1-2H3,(H,34,39)(H,35,40)(H,37,42)/t21-,32-/m0/s1. The van der Waals surface area contributed by atoms with Gasteiger partial charge in [0.05, 0.1) is 41.6 Å². The minimum Gasteiger partial charge on any atom is -0.458 e. The molecule has 0 spiro atoms. The molecular weight excluding hydrogens is 601 g/mol. The summed E-state index contributed by atoms with van der Waals surface area (Å²) in [5.41, 5.74) is 0.708.